The van der Waals surface area contributed by atoms with E-state index in [0.717, 1.165) is 16.8 Å². The van der Waals surface area contributed by atoms with E-state index in [1.165, 1.54) is 0 Å². The van der Waals surface area contributed by atoms with Gasteiger partial charge in [0.1, 0.15) is 5.82 Å². The number of hydrogen-bond acceptors (Lipinski definition) is 5. The first kappa shape index (κ1) is 16.1. The topological polar surface area (TPSA) is 72.7 Å². The minimum absolute atomic E-state index is 0.0244. The first-order valence-electron chi connectivity index (χ1n) is 7.67. The molecule has 0 aliphatic carbocycles. The molecule has 6 nitrogen and oxygen atoms in total. The number of halogens is 1. The number of hydrogen-bond donors (Lipinski definition) is 1. The Morgan fingerprint density at radius 2 is 1.96 bits per heavy atom. The number of aromatic nitrogens is 4. The van der Waals surface area contributed by atoms with Crippen molar-refractivity contribution in [3.8, 4) is 5.95 Å². The van der Waals surface area contributed by atoms with Crippen LogP contribution in [0.3, 0.4) is 0 Å². The van der Waals surface area contributed by atoms with Crippen molar-refractivity contribution in [2.75, 3.05) is 11.1 Å². The number of nitrogens with one attached hydrogen (secondary N) is 1. The molecule has 0 saturated heterocycles. The van der Waals surface area contributed by atoms with Gasteiger partial charge in [0, 0.05) is 23.0 Å². The molecule has 0 unspecified atom stereocenters. The third kappa shape index (κ3) is 3.01. The molecule has 4 rings (SSSR count). The molecule has 3 aromatic rings. The van der Waals surface area contributed by atoms with Crippen molar-refractivity contribution in [2.24, 2.45) is 0 Å². The summed E-state index contributed by atoms with van der Waals surface area (Å²) in [5, 5.41) is 8.18. The van der Waals surface area contributed by atoms with Crippen molar-refractivity contribution >= 4 is 35.1 Å². The highest BCUT2D eigenvalue weighted by Gasteiger charge is 2.31. The van der Waals surface area contributed by atoms with Gasteiger partial charge in [-0.1, -0.05) is 23.7 Å². The van der Waals surface area contributed by atoms with Crippen molar-refractivity contribution in [3.05, 3.63) is 64.6 Å². The third-order valence-electron chi connectivity index (χ3n) is 3.92. The molecule has 0 spiro atoms. The predicted molar refractivity (Wildman–Crippen MR) is 98.3 cm³/mol. The third-order valence-corrected chi connectivity index (χ3v) is 5.44. The summed E-state index contributed by atoms with van der Waals surface area (Å²) in [6, 6.07) is 9.42. The normalized spacial score (nSPS) is 16.9. The quantitative estimate of drug-likeness (QED) is 0.747. The summed E-state index contributed by atoms with van der Waals surface area (Å²) >= 11 is 7.58. The van der Waals surface area contributed by atoms with Gasteiger partial charge in [-0.05, 0) is 30.7 Å². The molecule has 1 aliphatic heterocycles. The van der Waals surface area contributed by atoms with Gasteiger partial charge in [0.2, 0.25) is 5.91 Å². The molecule has 1 aliphatic rings. The maximum Gasteiger partial charge on any atom is 0.252 e. The highest BCUT2D eigenvalue weighted by molar-refractivity contribution is 8.00. The van der Waals surface area contributed by atoms with Gasteiger partial charge in [-0.25, -0.2) is 9.97 Å². The van der Waals surface area contributed by atoms with E-state index >= 15 is 0 Å². The Kier molecular flexibility index (Phi) is 4.19. The van der Waals surface area contributed by atoms with E-state index in [4.69, 9.17) is 11.6 Å². The average Bonchev–Trinajstić information content (AvgIpc) is 2.83. The van der Waals surface area contributed by atoms with Crippen LogP contribution in [0.2, 0.25) is 5.02 Å². The average molecular weight is 372 g/mol. The number of nitrogens with zero attached hydrogens (tertiary/aromatic N) is 4. The summed E-state index contributed by atoms with van der Waals surface area (Å²) in [4.78, 5) is 20.7. The standard InChI is InChI=1S/C17H14ClN5OS/c1-10-14-15(11-3-5-12(18)6-4-11)25-9-13(24)21-16(14)23(22-10)17-19-7-2-8-20-17/h2-8,15H,9H2,1H3,(H,21,24)/t15-/m1/s1. The Labute approximate surface area is 153 Å². The smallest absolute Gasteiger partial charge is 0.252 e. The second kappa shape index (κ2) is 6.50. The van der Waals surface area contributed by atoms with Crippen LogP contribution >= 0.6 is 23.4 Å². The molecule has 0 fully saturated rings. The van der Waals surface area contributed by atoms with Crippen LogP contribution in [0.15, 0.2) is 42.7 Å². The van der Waals surface area contributed by atoms with Gasteiger partial charge in [-0.3, -0.25) is 4.79 Å². The van der Waals surface area contributed by atoms with Crippen molar-refractivity contribution in [1.29, 1.82) is 0 Å². The molecule has 126 valence electrons. The van der Waals surface area contributed by atoms with E-state index in [9.17, 15) is 4.79 Å². The molecule has 0 bridgehead atoms. The number of carbonyl (C=O) groups is 1. The molecule has 1 amide bonds. The molecule has 3 heterocycles. The summed E-state index contributed by atoms with van der Waals surface area (Å²) in [5.41, 5.74) is 2.87. The molecule has 0 radical (unpaired) electrons. The molecule has 1 atom stereocenters. The fourth-order valence-corrected chi connectivity index (χ4v) is 4.14. The van der Waals surface area contributed by atoms with Crippen LogP contribution in [0.4, 0.5) is 5.82 Å². The van der Waals surface area contributed by atoms with Crippen LogP contribution in [0, 0.1) is 6.92 Å². The number of thioether (sulfide) groups is 1. The monoisotopic (exact) mass is 371 g/mol. The van der Waals surface area contributed by atoms with Gasteiger partial charge in [0.05, 0.1) is 16.7 Å². The van der Waals surface area contributed by atoms with E-state index in [1.807, 2.05) is 31.2 Å². The van der Waals surface area contributed by atoms with E-state index in [1.54, 1.807) is 34.9 Å². The largest absolute Gasteiger partial charge is 0.309 e. The molecular weight excluding hydrogens is 358 g/mol. The first-order chi connectivity index (χ1) is 12.1. The van der Waals surface area contributed by atoms with Gasteiger partial charge in [0.15, 0.2) is 0 Å². The van der Waals surface area contributed by atoms with Crippen LogP contribution in [0.1, 0.15) is 22.1 Å². The van der Waals surface area contributed by atoms with Gasteiger partial charge >= 0.3 is 0 Å². The highest BCUT2D eigenvalue weighted by Crippen LogP contribution is 2.43. The number of fused-ring (bicyclic) bond motifs is 1. The van der Waals surface area contributed by atoms with E-state index < -0.39 is 0 Å². The van der Waals surface area contributed by atoms with Crippen molar-refractivity contribution in [2.45, 2.75) is 12.2 Å². The van der Waals surface area contributed by atoms with Crippen LogP contribution in [0.25, 0.3) is 5.95 Å². The van der Waals surface area contributed by atoms with Crippen LogP contribution < -0.4 is 5.32 Å². The lowest BCUT2D eigenvalue weighted by Gasteiger charge is -2.15. The zero-order valence-electron chi connectivity index (χ0n) is 13.3. The molecular formula is C17H14ClN5OS. The first-order valence-corrected chi connectivity index (χ1v) is 9.10. The Morgan fingerprint density at radius 3 is 2.68 bits per heavy atom. The van der Waals surface area contributed by atoms with Crippen LogP contribution in [-0.4, -0.2) is 31.4 Å². The van der Waals surface area contributed by atoms with Crippen molar-refractivity contribution < 1.29 is 4.79 Å². The molecule has 1 aromatic carbocycles. The van der Waals surface area contributed by atoms with E-state index in [0.29, 0.717) is 22.5 Å². The molecule has 2 aromatic heterocycles. The maximum absolute atomic E-state index is 12.2. The highest BCUT2D eigenvalue weighted by atomic mass is 35.5. The van der Waals surface area contributed by atoms with E-state index in [-0.39, 0.29) is 11.2 Å². The Balaban J connectivity index is 1.88. The minimum Gasteiger partial charge on any atom is -0.309 e. The number of rotatable bonds is 2. The Hall–Kier alpha value is -2.38. The van der Waals surface area contributed by atoms with Gasteiger partial charge in [-0.15, -0.1) is 11.8 Å². The molecule has 0 saturated carbocycles. The number of carbonyl (C=O) groups excluding carboxylic acids is 1. The second-order valence-corrected chi connectivity index (χ2v) is 7.13. The summed E-state index contributed by atoms with van der Waals surface area (Å²) in [6.45, 7) is 1.93. The lowest BCUT2D eigenvalue weighted by molar-refractivity contribution is -0.113. The second-order valence-electron chi connectivity index (χ2n) is 5.60. The summed E-state index contributed by atoms with van der Waals surface area (Å²) in [6.07, 6.45) is 3.30. The van der Waals surface area contributed by atoms with E-state index in [2.05, 4.69) is 20.4 Å². The molecule has 8 heteroatoms. The molecule has 1 N–H and O–H groups in total. The lowest BCUT2D eigenvalue weighted by Crippen LogP contribution is -2.16. The van der Waals surface area contributed by atoms with Crippen molar-refractivity contribution in [3.63, 3.8) is 0 Å². The minimum atomic E-state index is -0.0696. The fraction of sp³-hybridized carbons (Fsp3) is 0.176. The summed E-state index contributed by atoms with van der Waals surface area (Å²) in [7, 11) is 0. The Morgan fingerprint density at radius 1 is 1.24 bits per heavy atom. The van der Waals surface area contributed by atoms with Crippen LogP contribution in [0.5, 0.6) is 0 Å². The molecule has 25 heavy (non-hydrogen) atoms. The number of aryl methyl sites for hydroxylation is 1. The zero-order valence-corrected chi connectivity index (χ0v) is 14.9. The fourth-order valence-electron chi connectivity index (χ4n) is 2.83. The van der Waals surface area contributed by atoms with Crippen LogP contribution in [-0.2, 0) is 4.79 Å². The van der Waals surface area contributed by atoms with Crippen molar-refractivity contribution in [1.82, 2.24) is 19.7 Å². The predicted octanol–water partition coefficient (Wildman–Crippen LogP) is 3.40. The summed E-state index contributed by atoms with van der Waals surface area (Å²) < 4.78 is 1.59. The number of benzene rings is 1. The number of anilines is 1. The summed E-state index contributed by atoms with van der Waals surface area (Å²) in [5.74, 6) is 1.34. The van der Waals surface area contributed by atoms with Gasteiger partial charge < -0.3 is 5.32 Å². The SMILES string of the molecule is Cc1nn(-c2ncccn2)c2c1[C@@H](c1ccc(Cl)cc1)SCC(=O)N2. The zero-order chi connectivity index (χ0) is 17.4. The Bertz CT molecular complexity index is 926. The number of amides is 1. The van der Waals surface area contributed by atoms with Gasteiger partial charge in [0.25, 0.3) is 5.95 Å². The van der Waals surface area contributed by atoms with Gasteiger partial charge in [-0.2, -0.15) is 9.78 Å². The maximum atomic E-state index is 12.2. The lowest BCUT2D eigenvalue weighted by atomic mass is 10.0.